The Kier molecular flexibility index (Phi) is 6.73. The van der Waals surface area contributed by atoms with Crippen molar-refractivity contribution in [2.45, 2.75) is 32.9 Å². The van der Waals surface area contributed by atoms with Crippen molar-refractivity contribution >= 4 is 11.3 Å². The summed E-state index contributed by atoms with van der Waals surface area (Å²) in [7, 11) is 0. The van der Waals surface area contributed by atoms with E-state index >= 15 is 0 Å². The van der Waals surface area contributed by atoms with E-state index in [1.54, 1.807) is 11.3 Å². The summed E-state index contributed by atoms with van der Waals surface area (Å²) in [6, 6.07) is 4.51. The monoisotopic (exact) mass is 257 g/mol. The van der Waals surface area contributed by atoms with Gasteiger partial charge < -0.3 is 15.2 Å². The van der Waals surface area contributed by atoms with Gasteiger partial charge in [-0.05, 0) is 24.3 Å². The van der Waals surface area contributed by atoms with E-state index in [0.29, 0.717) is 31.7 Å². The predicted octanol–water partition coefficient (Wildman–Crippen LogP) is 2.43. The summed E-state index contributed by atoms with van der Waals surface area (Å²) in [6.45, 7) is 7.93. The Morgan fingerprint density at radius 1 is 1.47 bits per heavy atom. The fraction of sp³-hybridized carbons (Fsp3) is 0.692. The molecular formula is C13H23NO2S. The first-order chi connectivity index (χ1) is 8.15. The molecule has 1 heterocycles. The summed E-state index contributed by atoms with van der Waals surface area (Å²) in [5.41, 5.74) is 0. The van der Waals surface area contributed by atoms with E-state index in [0.717, 1.165) is 0 Å². The van der Waals surface area contributed by atoms with Crippen molar-refractivity contribution in [3.8, 4) is 0 Å². The van der Waals surface area contributed by atoms with Crippen molar-refractivity contribution in [2.75, 3.05) is 19.8 Å². The van der Waals surface area contributed by atoms with Gasteiger partial charge in [0, 0.05) is 24.1 Å². The van der Waals surface area contributed by atoms with Crippen molar-refractivity contribution in [2.24, 2.45) is 5.92 Å². The summed E-state index contributed by atoms with van der Waals surface area (Å²) in [5.74, 6) is 0.507. The third-order valence-corrected chi connectivity index (χ3v) is 3.56. The largest absolute Gasteiger partial charge is 0.389 e. The maximum Gasteiger partial charge on any atom is 0.0897 e. The second kappa shape index (κ2) is 7.82. The fourth-order valence-electron chi connectivity index (χ4n) is 1.71. The summed E-state index contributed by atoms with van der Waals surface area (Å²) in [4.78, 5) is 1.32. The highest BCUT2D eigenvalue weighted by Crippen LogP contribution is 2.25. The van der Waals surface area contributed by atoms with Crippen LogP contribution in [0, 0.1) is 5.92 Å². The van der Waals surface area contributed by atoms with Crippen LogP contribution in [-0.2, 0) is 4.74 Å². The normalized spacial score (nSPS) is 15.1. The third kappa shape index (κ3) is 5.17. The van der Waals surface area contributed by atoms with Crippen molar-refractivity contribution in [3.05, 3.63) is 22.4 Å². The van der Waals surface area contributed by atoms with Crippen LogP contribution in [0.3, 0.4) is 0 Å². The lowest BCUT2D eigenvalue weighted by molar-refractivity contribution is 0.0406. The first-order valence-corrected chi connectivity index (χ1v) is 7.05. The number of hydrogen-bond acceptors (Lipinski definition) is 4. The number of thiophene rings is 1. The summed E-state index contributed by atoms with van der Waals surface area (Å²) in [6.07, 6.45) is -0.434. The molecule has 1 rings (SSSR count). The first kappa shape index (κ1) is 14.6. The highest BCUT2D eigenvalue weighted by Gasteiger charge is 2.17. The zero-order valence-electron chi connectivity index (χ0n) is 10.8. The van der Waals surface area contributed by atoms with Gasteiger partial charge in [-0.25, -0.2) is 0 Å². The second-order valence-electron chi connectivity index (χ2n) is 4.46. The van der Waals surface area contributed by atoms with Gasteiger partial charge in [0.25, 0.3) is 0 Å². The van der Waals surface area contributed by atoms with E-state index in [2.05, 4.69) is 36.7 Å². The minimum Gasteiger partial charge on any atom is -0.389 e. The number of aliphatic hydroxyl groups excluding tert-OH is 1. The fourth-order valence-corrected chi connectivity index (χ4v) is 2.68. The molecule has 0 aliphatic rings. The maximum absolute atomic E-state index is 9.72. The molecule has 0 aromatic carbocycles. The van der Waals surface area contributed by atoms with Gasteiger partial charge in [0.2, 0.25) is 0 Å². The minimum absolute atomic E-state index is 0.311. The SMILES string of the molecule is CCOCC(O)CNC(c1cccs1)C(C)C. The van der Waals surface area contributed by atoms with Gasteiger partial charge in [0.1, 0.15) is 0 Å². The van der Waals surface area contributed by atoms with E-state index in [1.165, 1.54) is 4.88 Å². The third-order valence-electron chi connectivity index (χ3n) is 2.60. The average Bonchev–Trinajstić information content (AvgIpc) is 2.79. The van der Waals surface area contributed by atoms with Crippen molar-refractivity contribution in [1.29, 1.82) is 0 Å². The Hall–Kier alpha value is -0.420. The summed E-state index contributed by atoms with van der Waals surface area (Å²) < 4.78 is 5.19. The van der Waals surface area contributed by atoms with E-state index in [9.17, 15) is 5.11 Å². The van der Waals surface area contributed by atoms with Gasteiger partial charge in [-0.3, -0.25) is 0 Å². The van der Waals surface area contributed by atoms with Crippen molar-refractivity contribution in [3.63, 3.8) is 0 Å². The lowest BCUT2D eigenvalue weighted by Crippen LogP contribution is -2.34. The van der Waals surface area contributed by atoms with Crippen LogP contribution in [0.2, 0.25) is 0 Å². The number of aliphatic hydroxyl groups is 1. The van der Waals surface area contributed by atoms with Gasteiger partial charge in [-0.15, -0.1) is 11.3 Å². The molecule has 0 radical (unpaired) electrons. The molecule has 2 N–H and O–H groups in total. The molecule has 3 nitrogen and oxygen atoms in total. The number of hydrogen-bond donors (Lipinski definition) is 2. The van der Waals surface area contributed by atoms with Crippen LogP contribution in [0.25, 0.3) is 0 Å². The summed E-state index contributed by atoms with van der Waals surface area (Å²) >= 11 is 1.75. The zero-order chi connectivity index (χ0) is 12.7. The molecule has 98 valence electrons. The van der Waals surface area contributed by atoms with E-state index in [4.69, 9.17) is 4.74 Å². The Labute approximate surface area is 108 Å². The Balaban J connectivity index is 2.40. The Morgan fingerprint density at radius 3 is 2.76 bits per heavy atom. The molecule has 0 aliphatic carbocycles. The average molecular weight is 257 g/mol. The van der Waals surface area contributed by atoms with Gasteiger partial charge >= 0.3 is 0 Å². The van der Waals surface area contributed by atoms with Gasteiger partial charge in [0.05, 0.1) is 12.7 Å². The lowest BCUT2D eigenvalue weighted by Gasteiger charge is -2.23. The van der Waals surface area contributed by atoms with E-state index in [-0.39, 0.29) is 0 Å². The molecule has 0 amide bonds. The molecule has 0 aliphatic heterocycles. The van der Waals surface area contributed by atoms with Crippen molar-refractivity contribution < 1.29 is 9.84 Å². The smallest absolute Gasteiger partial charge is 0.0897 e. The maximum atomic E-state index is 9.72. The van der Waals surface area contributed by atoms with Gasteiger partial charge in [0.15, 0.2) is 0 Å². The summed E-state index contributed by atoms with van der Waals surface area (Å²) in [5, 5.41) is 15.2. The van der Waals surface area contributed by atoms with E-state index in [1.807, 2.05) is 6.92 Å². The number of rotatable bonds is 8. The topological polar surface area (TPSA) is 41.5 Å². The molecule has 0 saturated heterocycles. The number of nitrogens with one attached hydrogen (secondary N) is 1. The standard InChI is InChI=1S/C13H23NO2S/c1-4-16-9-11(15)8-14-13(10(2)3)12-6-5-7-17-12/h5-7,10-11,13-15H,4,8-9H2,1-3H3. The molecule has 17 heavy (non-hydrogen) atoms. The lowest BCUT2D eigenvalue weighted by atomic mass is 10.0. The molecule has 2 atom stereocenters. The van der Waals surface area contributed by atoms with Crippen LogP contribution >= 0.6 is 11.3 Å². The van der Waals surface area contributed by atoms with Gasteiger partial charge in [-0.1, -0.05) is 19.9 Å². The minimum atomic E-state index is -0.434. The molecule has 0 spiro atoms. The molecule has 1 aromatic rings. The first-order valence-electron chi connectivity index (χ1n) is 6.17. The molecular weight excluding hydrogens is 234 g/mol. The van der Waals surface area contributed by atoms with Crippen LogP contribution < -0.4 is 5.32 Å². The van der Waals surface area contributed by atoms with Crippen LogP contribution in [0.4, 0.5) is 0 Å². The molecule has 1 aromatic heterocycles. The highest BCUT2D eigenvalue weighted by atomic mass is 32.1. The van der Waals surface area contributed by atoms with Crippen LogP contribution in [0.1, 0.15) is 31.7 Å². The molecule has 4 heteroatoms. The molecule has 0 saturated carbocycles. The quantitative estimate of drug-likeness (QED) is 0.751. The van der Waals surface area contributed by atoms with E-state index < -0.39 is 6.10 Å². The predicted molar refractivity (Wildman–Crippen MR) is 72.4 cm³/mol. The Bertz CT molecular complexity index is 288. The molecule has 0 bridgehead atoms. The highest BCUT2D eigenvalue weighted by molar-refractivity contribution is 7.10. The Morgan fingerprint density at radius 2 is 2.24 bits per heavy atom. The molecule has 0 fully saturated rings. The number of ether oxygens (including phenoxy) is 1. The van der Waals surface area contributed by atoms with Crippen LogP contribution in [0.15, 0.2) is 17.5 Å². The van der Waals surface area contributed by atoms with Gasteiger partial charge in [-0.2, -0.15) is 0 Å². The zero-order valence-corrected chi connectivity index (χ0v) is 11.7. The van der Waals surface area contributed by atoms with Crippen molar-refractivity contribution in [1.82, 2.24) is 5.32 Å². The van der Waals surface area contributed by atoms with Crippen LogP contribution in [0.5, 0.6) is 0 Å². The van der Waals surface area contributed by atoms with Crippen LogP contribution in [-0.4, -0.2) is 31.0 Å². The molecule has 2 unspecified atom stereocenters. The second-order valence-corrected chi connectivity index (χ2v) is 5.44.